The highest BCUT2D eigenvalue weighted by atomic mass is 28.3. The highest BCUT2D eigenvalue weighted by molar-refractivity contribution is 6.76. The van der Waals surface area contributed by atoms with Crippen LogP contribution in [0.5, 0.6) is 5.75 Å². The second-order valence-electron chi connectivity index (χ2n) is 11.3. The van der Waals surface area contributed by atoms with E-state index in [2.05, 4.69) is 33.1 Å². The molecule has 1 heterocycles. The van der Waals surface area contributed by atoms with Gasteiger partial charge in [-0.1, -0.05) is 45.3 Å². The van der Waals surface area contributed by atoms with Gasteiger partial charge in [0.05, 0.1) is 45.7 Å². The molecule has 1 aromatic rings. The zero-order chi connectivity index (χ0) is 27.3. The molecule has 0 aromatic heterocycles. The maximum absolute atomic E-state index is 11.8. The molecule has 1 aromatic carbocycles. The zero-order valence-corrected chi connectivity index (χ0v) is 24.8. The number of methoxy groups -OCH3 is 2. The van der Waals surface area contributed by atoms with Crippen molar-refractivity contribution in [1.29, 1.82) is 0 Å². The summed E-state index contributed by atoms with van der Waals surface area (Å²) in [6.07, 6.45) is 3.58. The number of ether oxygens (including phenoxy) is 6. The first-order valence-electron chi connectivity index (χ1n) is 13.4. The summed E-state index contributed by atoms with van der Waals surface area (Å²) >= 11 is 0. The smallest absolute Gasteiger partial charge is 0.305 e. The quantitative estimate of drug-likeness (QED) is 0.0750. The first-order chi connectivity index (χ1) is 17.6. The summed E-state index contributed by atoms with van der Waals surface area (Å²) in [4.78, 5) is 11.8. The molecule has 7 nitrogen and oxygen atoms in total. The van der Waals surface area contributed by atoms with Crippen LogP contribution < -0.4 is 4.74 Å². The summed E-state index contributed by atoms with van der Waals surface area (Å²) in [6, 6.07) is 9.02. The van der Waals surface area contributed by atoms with Gasteiger partial charge in [-0.05, 0) is 60.9 Å². The van der Waals surface area contributed by atoms with Crippen LogP contribution in [0.2, 0.25) is 25.7 Å². The third-order valence-electron chi connectivity index (χ3n) is 6.57. The van der Waals surface area contributed by atoms with E-state index in [1.54, 1.807) is 7.11 Å². The van der Waals surface area contributed by atoms with Crippen LogP contribution in [0.15, 0.2) is 36.4 Å². The first kappa shape index (κ1) is 31.5. The Balaban J connectivity index is 1.80. The lowest BCUT2D eigenvalue weighted by Crippen LogP contribution is -2.23. The standard InChI is InChI=1S/C29H48O7Si/c1-22(17-29(30)32-4)16-26(35-19-24-8-10-25(31-3)11-9-24)12-13-28-23(2)18-27(36-28)20-34-21-33-14-15-37(5,6)7/h8-11,22,26-28H,2,12-21H2,1,3-7H3/t22-,26-,27-,28+/m1/s1. The van der Waals surface area contributed by atoms with Gasteiger partial charge in [-0.3, -0.25) is 4.79 Å². The van der Waals surface area contributed by atoms with E-state index < -0.39 is 8.07 Å². The summed E-state index contributed by atoms with van der Waals surface area (Å²) < 4.78 is 34.0. The van der Waals surface area contributed by atoms with Gasteiger partial charge >= 0.3 is 5.97 Å². The predicted octanol–water partition coefficient (Wildman–Crippen LogP) is 5.99. The number of benzene rings is 1. The van der Waals surface area contributed by atoms with Gasteiger partial charge in [0, 0.05) is 21.1 Å². The van der Waals surface area contributed by atoms with E-state index >= 15 is 0 Å². The van der Waals surface area contributed by atoms with E-state index in [0.29, 0.717) is 26.4 Å². The Hall–Kier alpha value is -1.71. The Labute approximate surface area is 224 Å². The maximum Gasteiger partial charge on any atom is 0.305 e. The lowest BCUT2D eigenvalue weighted by molar-refractivity contribution is -0.141. The van der Waals surface area contributed by atoms with Crippen LogP contribution in [-0.2, 0) is 35.1 Å². The van der Waals surface area contributed by atoms with Crippen molar-refractivity contribution in [3.05, 3.63) is 42.0 Å². The van der Waals surface area contributed by atoms with Crippen molar-refractivity contribution in [1.82, 2.24) is 0 Å². The Morgan fingerprint density at radius 2 is 1.89 bits per heavy atom. The van der Waals surface area contributed by atoms with Gasteiger partial charge in [-0.15, -0.1) is 0 Å². The second kappa shape index (κ2) is 16.3. The Bertz CT molecular complexity index is 805. The molecule has 1 fully saturated rings. The Morgan fingerprint density at radius 1 is 1.16 bits per heavy atom. The second-order valence-corrected chi connectivity index (χ2v) is 16.9. The molecule has 0 spiro atoms. The molecule has 4 atom stereocenters. The van der Waals surface area contributed by atoms with Gasteiger partial charge in [0.2, 0.25) is 0 Å². The largest absolute Gasteiger partial charge is 0.497 e. The third-order valence-corrected chi connectivity index (χ3v) is 8.28. The van der Waals surface area contributed by atoms with E-state index in [0.717, 1.165) is 55.2 Å². The molecule has 0 bridgehead atoms. The van der Waals surface area contributed by atoms with Crippen LogP contribution in [0.1, 0.15) is 44.6 Å². The number of rotatable bonds is 18. The molecule has 2 rings (SSSR count). The fraction of sp³-hybridized carbons (Fsp3) is 0.690. The van der Waals surface area contributed by atoms with Crippen LogP contribution in [0.25, 0.3) is 0 Å². The topological polar surface area (TPSA) is 72.5 Å². The van der Waals surface area contributed by atoms with E-state index in [-0.39, 0.29) is 30.2 Å². The van der Waals surface area contributed by atoms with Crippen LogP contribution in [0.3, 0.4) is 0 Å². The molecule has 0 N–H and O–H groups in total. The molecule has 37 heavy (non-hydrogen) atoms. The summed E-state index contributed by atoms with van der Waals surface area (Å²) in [6.45, 7) is 15.4. The van der Waals surface area contributed by atoms with Crippen molar-refractivity contribution < 1.29 is 33.2 Å². The lowest BCUT2D eigenvalue weighted by atomic mass is 9.95. The van der Waals surface area contributed by atoms with Crippen molar-refractivity contribution in [2.45, 2.75) is 89.6 Å². The van der Waals surface area contributed by atoms with Crippen molar-refractivity contribution in [2.24, 2.45) is 5.92 Å². The molecule has 210 valence electrons. The third kappa shape index (κ3) is 13.1. The van der Waals surface area contributed by atoms with Gasteiger partial charge in [0.1, 0.15) is 12.5 Å². The minimum atomic E-state index is -1.09. The molecule has 1 saturated heterocycles. The van der Waals surface area contributed by atoms with Crippen molar-refractivity contribution in [2.75, 3.05) is 34.2 Å². The minimum Gasteiger partial charge on any atom is -0.497 e. The Morgan fingerprint density at radius 3 is 2.54 bits per heavy atom. The van der Waals surface area contributed by atoms with Crippen LogP contribution in [-0.4, -0.2) is 66.6 Å². The predicted molar refractivity (Wildman–Crippen MR) is 149 cm³/mol. The minimum absolute atomic E-state index is 0.00627. The van der Waals surface area contributed by atoms with Crippen molar-refractivity contribution in [3.8, 4) is 5.75 Å². The van der Waals surface area contributed by atoms with Crippen molar-refractivity contribution >= 4 is 14.0 Å². The summed E-state index contributed by atoms with van der Waals surface area (Å²) in [7, 11) is 2.00. The van der Waals surface area contributed by atoms with Gasteiger partial charge in [-0.2, -0.15) is 0 Å². The monoisotopic (exact) mass is 536 g/mol. The van der Waals surface area contributed by atoms with Gasteiger partial charge in [0.25, 0.3) is 0 Å². The fourth-order valence-electron chi connectivity index (χ4n) is 4.29. The van der Waals surface area contributed by atoms with E-state index in [9.17, 15) is 4.79 Å². The lowest BCUT2D eigenvalue weighted by Gasteiger charge is -2.23. The average molecular weight is 537 g/mol. The van der Waals surface area contributed by atoms with Gasteiger partial charge < -0.3 is 28.4 Å². The van der Waals surface area contributed by atoms with Gasteiger partial charge in [0.15, 0.2) is 0 Å². The Kier molecular flexibility index (Phi) is 13.9. The van der Waals surface area contributed by atoms with Gasteiger partial charge in [-0.25, -0.2) is 0 Å². The molecular formula is C29H48O7Si. The van der Waals surface area contributed by atoms with Crippen LogP contribution in [0, 0.1) is 5.92 Å². The first-order valence-corrected chi connectivity index (χ1v) is 17.1. The molecule has 0 amide bonds. The molecular weight excluding hydrogens is 488 g/mol. The molecule has 0 saturated carbocycles. The normalized spacial score (nSPS) is 19.6. The zero-order valence-electron chi connectivity index (χ0n) is 23.8. The highest BCUT2D eigenvalue weighted by Crippen LogP contribution is 2.30. The molecule has 0 radical (unpaired) electrons. The summed E-state index contributed by atoms with van der Waals surface area (Å²) in [5.74, 6) is 0.782. The van der Waals surface area contributed by atoms with Crippen molar-refractivity contribution in [3.63, 3.8) is 0 Å². The van der Waals surface area contributed by atoms with Crippen LogP contribution in [0.4, 0.5) is 0 Å². The number of carbonyl (C=O) groups is 1. The fourth-order valence-corrected chi connectivity index (χ4v) is 5.05. The number of esters is 1. The van der Waals surface area contributed by atoms with E-state index in [1.165, 1.54) is 7.11 Å². The number of hydrogen-bond acceptors (Lipinski definition) is 7. The van der Waals surface area contributed by atoms with E-state index in [1.807, 2.05) is 24.3 Å². The van der Waals surface area contributed by atoms with E-state index in [4.69, 9.17) is 28.4 Å². The summed E-state index contributed by atoms with van der Waals surface area (Å²) in [5.41, 5.74) is 2.18. The molecule has 0 unspecified atom stereocenters. The number of hydrogen-bond donors (Lipinski definition) is 0. The van der Waals surface area contributed by atoms with Crippen LogP contribution >= 0.6 is 0 Å². The summed E-state index contributed by atoms with van der Waals surface area (Å²) in [5, 5.41) is 0. The average Bonchev–Trinajstić information content (AvgIpc) is 3.21. The highest BCUT2D eigenvalue weighted by Gasteiger charge is 2.30. The maximum atomic E-state index is 11.8. The molecule has 8 heteroatoms. The SMILES string of the molecule is C=C1C[C@H](COCOCC[Si](C)(C)C)O[C@H]1CC[C@H](C[C@@H](C)CC(=O)OC)OCc1ccc(OC)cc1. The number of carbonyl (C=O) groups excluding carboxylic acids is 1. The molecule has 0 aliphatic carbocycles. The molecule has 1 aliphatic heterocycles. The molecule has 1 aliphatic rings.